The zero-order valence-corrected chi connectivity index (χ0v) is 23.6. The molecule has 0 bridgehead atoms. The SMILES string of the molecule is Cc1cc(=O)oc2cc(OC(=O)c3ccc(C[PH](c4ccccc4)(c4ccccc4)c4ccccc4)cc3)ccc12. The standard InChI is InChI=1S/C36H29O4P/c1-26-23-35(37)40-34-24-29(21-22-33(26)34)39-36(38)28-19-17-27(18-20-28)25-41(30-11-5-2-6-12-30,31-13-7-3-8-14-31)32-15-9-4-10-16-32/h2-24,41H,25H2,1H3. The number of rotatable bonds is 7. The summed E-state index contributed by atoms with van der Waals surface area (Å²) in [5.74, 6) is -0.146. The van der Waals surface area contributed by atoms with Crippen molar-refractivity contribution < 1.29 is 13.9 Å². The number of fused-ring (bicyclic) bond motifs is 1. The minimum absolute atomic E-state index is 0.323. The van der Waals surface area contributed by atoms with Gasteiger partial charge in [-0.3, -0.25) is 0 Å². The van der Waals surface area contributed by atoms with E-state index in [-0.39, 0.29) is 0 Å². The van der Waals surface area contributed by atoms with Crippen LogP contribution >= 0.6 is 7.26 Å². The predicted molar refractivity (Wildman–Crippen MR) is 169 cm³/mol. The van der Waals surface area contributed by atoms with Crippen molar-refractivity contribution >= 4 is 40.1 Å². The van der Waals surface area contributed by atoms with Crippen LogP contribution in [-0.2, 0) is 6.16 Å². The molecule has 1 aromatic heterocycles. The number of hydrogen-bond acceptors (Lipinski definition) is 4. The van der Waals surface area contributed by atoms with Gasteiger partial charge >= 0.3 is 222 Å². The van der Waals surface area contributed by atoms with Gasteiger partial charge in [-0.05, 0) is 6.92 Å². The van der Waals surface area contributed by atoms with Crippen molar-refractivity contribution in [3.8, 4) is 5.75 Å². The van der Waals surface area contributed by atoms with E-state index in [2.05, 4.69) is 91.0 Å². The zero-order valence-electron chi connectivity index (χ0n) is 22.6. The molecular weight excluding hydrogens is 527 g/mol. The van der Waals surface area contributed by atoms with Crippen LogP contribution in [0.15, 0.2) is 149 Å². The van der Waals surface area contributed by atoms with Crippen molar-refractivity contribution in [1.29, 1.82) is 0 Å². The van der Waals surface area contributed by atoms with Crippen molar-refractivity contribution in [3.05, 3.63) is 167 Å². The van der Waals surface area contributed by atoms with Crippen LogP contribution in [0.2, 0.25) is 0 Å². The molecule has 0 fully saturated rings. The molecule has 0 saturated heterocycles. The van der Waals surface area contributed by atoms with Crippen LogP contribution in [0.3, 0.4) is 0 Å². The van der Waals surface area contributed by atoms with Crippen LogP contribution in [0.25, 0.3) is 11.0 Å². The van der Waals surface area contributed by atoms with Gasteiger partial charge in [0.25, 0.3) is 0 Å². The molecule has 0 aliphatic rings. The Morgan fingerprint density at radius 1 is 0.683 bits per heavy atom. The molecule has 6 aromatic rings. The van der Waals surface area contributed by atoms with Crippen LogP contribution in [0.4, 0.5) is 0 Å². The van der Waals surface area contributed by atoms with Crippen molar-refractivity contribution in [1.82, 2.24) is 0 Å². The first-order valence-corrected chi connectivity index (χ1v) is 15.8. The number of ether oxygens (including phenoxy) is 1. The Morgan fingerprint density at radius 3 is 1.76 bits per heavy atom. The molecule has 0 atom stereocenters. The summed E-state index contributed by atoms with van der Waals surface area (Å²) in [7, 11) is -2.46. The average Bonchev–Trinajstić information content (AvgIpc) is 3.01. The van der Waals surface area contributed by atoms with E-state index in [0.29, 0.717) is 16.9 Å². The van der Waals surface area contributed by atoms with Crippen LogP contribution in [0, 0.1) is 6.92 Å². The number of carbonyl (C=O) groups excluding carboxylic acids is 1. The van der Waals surface area contributed by atoms with E-state index in [0.717, 1.165) is 22.7 Å². The molecule has 0 unspecified atom stereocenters. The molecule has 6 rings (SSSR count). The second kappa shape index (κ2) is 11.4. The predicted octanol–water partition coefficient (Wildman–Crippen LogP) is 6.55. The second-order valence-electron chi connectivity index (χ2n) is 10.2. The first-order valence-electron chi connectivity index (χ1n) is 13.6. The fourth-order valence-corrected chi connectivity index (χ4v) is 10.3. The Labute approximate surface area is 239 Å². The van der Waals surface area contributed by atoms with E-state index in [1.807, 2.05) is 31.2 Å². The van der Waals surface area contributed by atoms with Gasteiger partial charge in [0, 0.05) is 6.07 Å². The van der Waals surface area contributed by atoms with Crippen molar-refractivity contribution in [2.75, 3.05) is 0 Å². The molecular formula is C36H29O4P. The maximum atomic E-state index is 13.0. The molecule has 1 heterocycles. The summed E-state index contributed by atoms with van der Waals surface area (Å²) in [5, 5.41) is 4.80. The number of carbonyl (C=O) groups is 1. The second-order valence-corrected chi connectivity index (χ2v) is 14.1. The zero-order chi connectivity index (χ0) is 28.2. The van der Waals surface area contributed by atoms with Gasteiger partial charge in [-0.2, -0.15) is 0 Å². The van der Waals surface area contributed by atoms with E-state index in [9.17, 15) is 9.59 Å². The Morgan fingerprint density at radius 2 is 1.22 bits per heavy atom. The third kappa shape index (κ3) is 5.35. The Kier molecular flexibility index (Phi) is 7.33. The average molecular weight is 557 g/mol. The molecule has 0 amide bonds. The summed E-state index contributed by atoms with van der Waals surface area (Å²) in [5.41, 5.74) is 2.36. The summed E-state index contributed by atoms with van der Waals surface area (Å²) in [6.45, 7) is 1.84. The monoisotopic (exact) mass is 556 g/mol. The van der Waals surface area contributed by atoms with Gasteiger partial charge in [0.05, 0.1) is 0 Å². The van der Waals surface area contributed by atoms with Crippen LogP contribution in [0.1, 0.15) is 21.5 Å². The minimum atomic E-state index is -2.46. The Hall–Kier alpha value is -4.79. The molecule has 0 N–H and O–H groups in total. The van der Waals surface area contributed by atoms with E-state index in [1.54, 1.807) is 18.2 Å². The van der Waals surface area contributed by atoms with Gasteiger partial charge in [-0.1, -0.05) is 0 Å². The summed E-state index contributed by atoms with van der Waals surface area (Å²) in [4.78, 5) is 24.8. The van der Waals surface area contributed by atoms with Crippen LogP contribution in [0.5, 0.6) is 5.75 Å². The quantitative estimate of drug-likeness (QED) is 0.0969. The number of aryl methyl sites for hydroxylation is 1. The molecule has 41 heavy (non-hydrogen) atoms. The van der Waals surface area contributed by atoms with Gasteiger partial charge in [0.2, 0.25) is 0 Å². The van der Waals surface area contributed by atoms with Gasteiger partial charge in [-0.25, -0.2) is 4.79 Å². The van der Waals surface area contributed by atoms with Gasteiger partial charge < -0.3 is 0 Å². The molecule has 202 valence electrons. The van der Waals surface area contributed by atoms with Gasteiger partial charge in [0.1, 0.15) is 0 Å². The van der Waals surface area contributed by atoms with Crippen LogP contribution < -0.4 is 26.3 Å². The van der Waals surface area contributed by atoms with Crippen molar-refractivity contribution in [3.63, 3.8) is 0 Å². The first kappa shape index (κ1) is 26.4. The molecule has 0 radical (unpaired) electrons. The van der Waals surface area contributed by atoms with Crippen molar-refractivity contribution in [2.24, 2.45) is 0 Å². The van der Waals surface area contributed by atoms with E-state index in [4.69, 9.17) is 9.15 Å². The molecule has 0 aliphatic carbocycles. The third-order valence-electron chi connectivity index (χ3n) is 7.59. The molecule has 0 saturated carbocycles. The number of benzene rings is 5. The third-order valence-corrected chi connectivity index (χ3v) is 12.5. The van der Waals surface area contributed by atoms with E-state index >= 15 is 0 Å². The first-order chi connectivity index (χ1) is 20.0. The molecule has 0 spiro atoms. The Bertz CT molecular complexity index is 1770. The Balaban J connectivity index is 1.33. The summed E-state index contributed by atoms with van der Waals surface area (Å²) in [6, 6.07) is 46.5. The molecule has 4 nitrogen and oxygen atoms in total. The van der Waals surface area contributed by atoms with E-state index in [1.165, 1.54) is 22.0 Å². The summed E-state index contributed by atoms with van der Waals surface area (Å²) >= 11 is 0. The fraction of sp³-hybridized carbons (Fsp3) is 0.0556. The maximum absolute atomic E-state index is 13.0. The number of hydrogen-bond donors (Lipinski definition) is 0. The topological polar surface area (TPSA) is 56.5 Å². The summed E-state index contributed by atoms with van der Waals surface area (Å²) < 4.78 is 10.9. The van der Waals surface area contributed by atoms with Gasteiger partial charge in [0.15, 0.2) is 0 Å². The fourth-order valence-electron chi connectivity index (χ4n) is 5.57. The van der Waals surface area contributed by atoms with Gasteiger partial charge in [-0.15, -0.1) is 0 Å². The van der Waals surface area contributed by atoms with Crippen molar-refractivity contribution in [2.45, 2.75) is 13.1 Å². The molecule has 5 aromatic carbocycles. The van der Waals surface area contributed by atoms with E-state index < -0.39 is 18.9 Å². The summed E-state index contributed by atoms with van der Waals surface area (Å²) in [6.07, 6.45) is 0.837. The van der Waals surface area contributed by atoms with Crippen LogP contribution in [-0.4, -0.2) is 5.97 Å². The normalized spacial score (nSPS) is 11.7. The molecule has 5 heteroatoms. The number of esters is 1. The molecule has 0 aliphatic heterocycles.